The Hall–Kier alpha value is -2.05. The van der Waals surface area contributed by atoms with Gasteiger partial charge in [0.1, 0.15) is 11.6 Å². The topological polar surface area (TPSA) is 110 Å². The zero-order chi connectivity index (χ0) is 12.8. The maximum atomic E-state index is 11.5. The van der Waals surface area contributed by atoms with Crippen molar-refractivity contribution in [1.82, 2.24) is 15.3 Å². The van der Waals surface area contributed by atoms with E-state index < -0.39 is 0 Å². The predicted molar refractivity (Wildman–Crippen MR) is 67.4 cm³/mol. The average molecular weight is 238 g/mol. The van der Waals surface area contributed by atoms with Crippen LogP contribution in [0.2, 0.25) is 0 Å². The summed E-state index contributed by atoms with van der Waals surface area (Å²) in [5.41, 5.74) is 11.1. The van der Waals surface area contributed by atoms with Gasteiger partial charge in [-0.3, -0.25) is 4.79 Å². The van der Waals surface area contributed by atoms with E-state index in [0.29, 0.717) is 24.7 Å². The van der Waals surface area contributed by atoms with Gasteiger partial charge in [0.2, 0.25) is 11.9 Å². The summed E-state index contributed by atoms with van der Waals surface area (Å²) in [6, 6.07) is 1.60. The number of anilines is 3. The molecule has 5 N–H and O–H groups in total. The maximum Gasteiger partial charge on any atom is 0.239 e. The summed E-state index contributed by atoms with van der Waals surface area (Å²) in [5, 5.41) is 2.72. The second-order valence-corrected chi connectivity index (χ2v) is 3.48. The summed E-state index contributed by atoms with van der Waals surface area (Å²) in [6.07, 6.45) is 0. The first kappa shape index (κ1) is 13.0. The van der Waals surface area contributed by atoms with E-state index in [1.807, 2.05) is 13.8 Å². The molecule has 7 nitrogen and oxygen atoms in total. The first-order chi connectivity index (χ1) is 8.06. The van der Waals surface area contributed by atoms with E-state index in [9.17, 15) is 4.79 Å². The highest BCUT2D eigenvalue weighted by molar-refractivity contribution is 5.81. The van der Waals surface area contributed by atoms with Crippen LogP contribution in [-0.4, -0.2) is 35.5 Å². The molecule has 1 amide bonds. The van der Waals surface area contributed by atoms with E-state index in [1.165, 1.54) is 0 Å². The number of nitrogens with one attached hydrogen (secondary N) is 1. The lowest BCUT2D eigenvalue weighted by Crippen LogP contribution is -2.37. The Balaban J connectivity index is 2.82. The fourth-order valence-electron chi connectivity index (χ4n) is 1.41. The molecule has 1 heterocycles. The number of carbonyl (C=O) groups is 1. The van der Waals surface area contributed by atoms with Crippen molar-refractivity contribution in [3.63, 3.8) is 0 Å². The molecule has 0 unspecified atom stereocenters. The Morgan fingerprint density at radius 1 is 1.41 bits per heavy atom. The summed E-state index contributed by atoms with van der Waals surface area (Å²) < 4.78 is 0. The zero-order valence-electron chi connectivity index (χ0n) is 10.1. The largest absolute Gasteiger partial charge is 0.383 e. The smallest absolute Gasteiger partial charge is 0.239 e. The molecular formula is C10H18N6O. The van der Waals surface area contributed by atoms with Crippen molar-refractivity contribution in [2.75, 3.05) is 36.0 Å². The summed E-state index contributed by atoms with van der Waals surface area (Å²) in [4.78, 5) is 21.1. The second-order valence-electron chi connectivity index (χ2n) is 3.48. The summed E-state index contributed by atoms with van der Waals surface area (Å²) in [5.74, 6) is 0.894. The van der Waals surface area contributed by atoms with Crippen LogP contribution in [-0.2, 0) is 4.79 Å². The molecule has 1 aromatic rings. The molecule has 94 valence electrons. The Bertz CT molecular complexity index is 374. The molecule has 0 radical (unpaired) electrons. The van der Waals surface area contributed by atoms with Gasteiger partial charge in [-0.15, -0.1) is 0 Å². The number of hydrogen-bond acceptors (Lipinski definition) is 6. The molecular weight excluding hydrogens is 220 g/mol. The molecule has 1 rings (SSSR count). The van der Waals surface area contributed by atoms with Crippen LogP contribution in [0, 0.1) is 0 Å². The van der Waals surface area contributed by atoms with Crippen molar-refractivity contribution in [3.05, 3.63) is 6.07 Å². The predicted octanol–water partition coefficient (Wildman–Crippen LogP) is -0.397. The third-order valence-electron chi connectivity index (χ3n) is 2.16. The number of nitrogens with zero attached hydrogens (tertiary/aromatic N) is 3. The van der Waals surface area contributed by atoms with Crippen LogP contribution in [0.5, 0.6) is 0 Å². The normalized spacial score (nSPS) is 10.0. The van der Waals surface area contributed by atoms with Gasteiger partial charge in [-0.05, 0) is 13.8 Å². The lowest BCUT2D eigenvalue weighted by molar-refractivity contribution is -0.119. The fraction of sp³-hybridized carbons (Fsp3) is 0.500. The highest BCUT2D eigenvalue weighted by atomic mass is 16.2. The van der Waals surface area contributed by atoms with E-state index in [0.717, 1.165) is 0 Å². The Morgan fingerprint density at radius 2 is 2.12 bits per heavy atom. The standard InChI is InChI=1S/C10H18N6O/c1-3-13-9(17)6-16(4-2)8-5-7(11)14-10(12)15-8/h5H,3-4,6H2,1-2H3,(H,13,17)(H4,11,12,14,15). The number of hydrogen-bond donors (Lipinski definition) is 3. The number of nitrogens with two attached hydrogens (primary N) is 2. The minimum absolute atomic E-state index is 0.0647. The number of amides is 1. The minimum atomic E-state index is -0.0647. The second kappa shape index (κ2) is 5.88. The number of rotatable bonds is 5. The fourth-order valence-corrected chi connectivity index (χ4v) is 1.41. The number of aromatic nitrogens is 2. The summed E-state index contributed by atoms with van der Waals surface area (Å²) in [6.45, 7) is 5.25. The van der Waals surface area contributed by atoms with Crippen LogP contribution < -0.4 is 21.7 Å². The van der Waals surface area contributed by atoms with Crippen LogP contribution >= 0.6 is 0 Å². The molecule has 0 saturated heterocycles. The lowest BCUT2D eigenvalue weighted by atomic mass is 10.4. The number of likely N-dealkylation sites (N-methyl/N-ethyl adjacent to an activating group) is 2. The summed E-state index contributed by atoms with van der Waals surface area (Å²) in [7, 11) is 0. The van der Waals surface area contributed by atoms with Gasteiger partial charge in [0.15, 0.2) is 0 Å². The van der Waals surface area contributed by atoms with Gasteiger partial charge in [0.25, 0.3) is 0 Å². The Morgan fingerprint density at radius 3 is 2.65 bits per heavy atom. The van der Waals surface area contributed by atoms with E-state index in [4.69, 9.17) is 11.5 Å². The van der Waals surface area contributed by atoms with Gasteiger partial charge in [-0.1, -0.05) is 0 Å². The Kier molecular flexibility index (Phi) is 4.50. The monoisotopic (exact) mass is 238 g/mol. The minimum Gasteiger partial charge on any atom is -0.383 e. The van der Waals surface area contributed by atoms with Crippen LogP contribution in [0.15, 0.2) is 6.07 Å². The van der Waals surface area contributed by atoms with E-state index >= 15 is 0 Å². The molecule has 0 atom stereocenters. The molecule has 0 aromatic carbocycles. The third kappa shape index (κ3) is 3.78. The van der Waals surface area contributed by atoms with Crippen molar-refractivity contribution in [2.45, 2.75) is 13.8 Å². The van der Waals surface area contributed by atoms with E-state index in [2.05, 4.69) is 15.3 Å². The van der Waals surface area contributed by atoms with Gasteiger partial charge >= 0.3 is 0 Å². The van der Waals surface area contributed by atoms with E-state index in [-0.39, 0.29) is 18.4 Å². The highest BCUT2D eigenvalue weighted by Crippen LogP contribution is 2.14. The first-order valence-corrected chi connectivity index (χ1v) is 5.48. The molecule has 0 aliphatic carbocycles. The Labute approximate surface area is 100 Å². The quantitative estimate of drug-likeness (QED) is 0.644. The molecule has 0 aliphatic rings. The van der Waals surface area contributed by atoms with Gasteiger partial charge in [-0.2, -0.15) is 9.97 Å². The van der Waals surface area contributed by atoms with Crippen molar-refractivity contribution in [2.24, 2.45) is 0 Å². The maximum absolute atomic E-state index is 11.5. The van der Waals surface area contributed by atoms with Crippen LogP contribution in [0.1, 0.15) is 13.8 Å². The van der Waals surface area contributed by atoms with Crippen LogP contribution in [0.3, 0.4) is 0 Å². The molecule has 1 aromatic heterocycles. The van der Waals surface area contributed by atoms with Crippen molar-refractivity contribution in [1.29, 1.82) is 0 Å². The van der Waals surface area contributed by atoms with Crippen LogP contribution in [0.4, 0.5) is 17.6 Å². The summed E-state index contributed by atoms with van der Waals surface area (Å²) >= 11 is 0. The van der Waals surface area contributed by atoms with E-state index in [1.54, 1.807) is 11.0 Å². The molecule has 0 aliphatic heterocycles. The van der Waals surface area contributed by atoms with Gasteiger partial charge < -0.3 is 21.7 Å². The van der Waals surface area contributed by atoms with Crippen molar-refractivity contribution >= 4 is 23.5 Å². The third-order valence-corrected chi connectivity index (χ3v) is 2.16. The molecule has 7 heteroatoms. The molecule has 0 spiro atoms. The lowest BCUT2D eigenvalue weighted by Gasteiger charge is -2.21. The zero-order valence-corrected chi connectivity index (χ0v) is 10.1. The van der Waals surface area contributed by atoms with Gasteiger partial charge in [-0.25, -0.2) is 0 Å². The van der Waals surface area contributed by atoms with Crippen LogP contribution in [0.25, 0.3) is 0 Å². The highest BCUT2D eigenvalue weighted by Gasteiger charge is 2.11. The van der Waals surface area contributed by atoms with Crippen molar-refractivity contribution in [3.8, 4) is 0 Å². The molecule has 0 bridgehead atoms. The van der Waals surface area contributed by atoms with Gasteiger partial charge in [0, 0.05) is 19.2 Å². The molecule has 17 heavy (non-hydrogen) atoms. The van der Waals surface area contributed by atoms with Crippen molar-refractivity contribution < 1.29 is 4.79 Å². The number of carbonyl (C=O) groups excluding carboxylic acids is 1. The number of nitrogen functional groups attached to an aromatic ring is 2. The van der Waals surface area contributed by atoms with Gasteiger partial charge in [0.05, 0.1) is 6.54 Å². The molecule has 0 saturated carbocycles. The SMILES string of the molecule is CCNC(=O)CN(CC)c1cc(N)nc(N)n1. The average Bonchev–Trinajstić information content (AvgIpc) is 2.24. The molecule has 0 fully saturated rings. The first-order valence-electron chi connectivity index (χ1n) is 5.48.